The molecule has 0 spiro atoms. The number of rotatable bonds is 11. The van der Waals surface area contributed by atoms with Crippen LogP contribution in [-0.4, -0.2) is 54.3 Å². The molecule has 172 valence electrons. The molecule has 0 atom stereocenters. The Morgan fingerprint density at radius 1 is 1.09 bits per heavy atom. The van der Waals surface area contributed by atoms with Crippen molar-refractivity contribution in [2.24, 2.45) is 0 Å². The second-order valence-corrected chi connectivity index (χ2v) is 10.5. The van der Waals surface area contributed by atoms with Gasteiger partial charge in [-0.15, -0.1) is 11.8 Å². The molecule has 0 radical (unpaired) electrons. The summed E-state index contributed by atoms with van der Waals surface area (Å²) in [5.74, 6) is 0.804. The predicted octanol–water partition coefficient (Wildman–Crippen LogP) is 5.72. The van der Waals surface area contributed by atoms with Crippen LogP contribution in [-0.2, 0) is 11.2 Å². The Morgan fingerprint density at radius 2 is 1.81 bits per heavy atom. The number of ether oxygens (including phenoxy) is 1. The summed E-state index contributed by atoms with van der Waals surface area (Å²) in [6, 6.07) is 14.2. The van der Waals surface area contributed by atoms with Gasteiger partial charge in [0, 0.05) is 23.2 Å². The number of anilines is 1. The summed E-state index contributed by atoms with van der Waals surface area (Å²) in [5, 5.41) is 1.27. The van der Waals surface area contributed by atoms with E-state index in [1.165, 1.54) is 4.90 Å². The molecule has 2 aromatic carbocycles. The van der Waals surface area contributed by atoms with Crippen molar-refractivity contribution < 1.29 is 9.53 Å². The molecule has 3 aromatic rings. The third kappa shape index (κ3) is 6.24. The van der Waals surface area contributed by atoms with Gasteiger partial charge in [0.25, 0.3) is 0 Å². The Bertz CT molecular complexity index is 1010. The Labute approximate surface area is 199 Å². The van der Waals surface area contributed by atoms with E-state index in [1.807, 2.05) is 34.9 Å². The third-order valence-corrected chi connectivity index (χ3v) is 7.37. The first-order valence-corrected chi connectivity index (χ1v) is 12.9. The molecule has 3 rings (SSSR count). The first-order valence-electron chi connectivity index (χ1n) is 11.2. The van der Waals surface area contributed by atoms with Gasteiger partial charge in [0.1, 0.15) is 11.3 Å². The number of para-hydroxylation sites is 1. The number of methoxy groups -OCH3 is 1. The fourth-order valence-electron chi connectivity index (χ4n) is 3.53. The minimum atomic E-state index is 0.0689. The maximum Gasteiger partial charge on any atom is 0.233 e. The van der Waals surface area contributed by atoms with Gasteiger partial charge in [-0.25, -0.2) is 4.98 Å². The lowest BCUT2D eigenvalue weighted by Gasteiger charge is -2.24. The number of hydrogen-bond acceptors (Lipinski definition) is 6. The van der Waals surface area contributed by atoms with Crippen LogP contribution in [0.4, 0.5) is 5.13 Å². The van der Waals surface area contributed by atoms with Gasteiger partial charge in [-0.05, 0) is 42.9 Å². The molecular formula is C25H33N3O2S2. The minimum Gasteiger partial charge on any atom is -0.494 e. The molecule has 1 heterocycles. The molecule has 0 aliphatic heterocycles. The molecule has 1 aromatic heterocycles. The van der Waals surface area contributed by atoms with Crippen LogP contribution in [0, 0.1) is 0 Å². The van der Waals surface area contributed by atoms with Gasteiger partial charge in [0.05, 0.1) is 18.2 Å². The molecule has 0 bridgehead atoms. The normalized spacial score (nSPS) is 11.5. The fraction of sp³-hybridized carbons (Fsp3) is 0.440. The molecule has 0 saturated heterocycles. The summed E-state index contributed by atoms with van der Waals surface area (Å²) >= 11 is 3.37. The zero-order chi connectivity index (χ0) is 23.1. The van der Waals surface area contributed by atoms with Crippen molar-refractivity contribution in [1.82, 2.24) is 9.88 Å². The van der Waals surface area contributed by atoms with Gasteiger partial charge < -0.3 is 9.64 Å². The summed E-state index contributed by atoms with van der Waals surface area (Å²) in [4.78, 5) is 23.6. The number of carbonyl (C=O) groups is 1. The van der Waals surface area contributed by atoms with E-state index in [0.29, 0.717) is 18.2 Å². The SMILES string of the molecule is CCN(CC)CCN(C(=O)Cc1ccc(SC(C)C)cc1)c1nc2c(OC)cccc2s1. The van der Waals surface area contributed by atoms with Gasteiger partial charge in [0.15, 0.2) is 5.13 Å². The van der Waals surface area contributed by atoms with Crippen molar-refractivity contribution in [1.29, 1.82) is 0 Å². The number of amides is 1. The average Bonchev–Trinajstić information content (AvgIpc) is 3.21. The Balaban J connectivity index is 1.84. The van der Waals surface area contributed by atoms with Crippen molar-refractivity contribution >= 4 is 44.4 Å². The van der Waals surface area contributed by atoms with E-state index in [1.54, 1.807) is 18.4 Å². The van der Waals surface area contributed by atoms with Crippen molar-refractivity contribution in [3.8, 4) is 5.75 Å². The smallest absolute Gasteiger partial charge is 0.233 e. The van der Waals surface area contributed by atoms with Gasteiger partial charge in [-0.1, -0.05) is 57.2 Å². The number of fused-ring (bicyclic) bond motifs is 1. The first kappa shape index (κ1) is 24.6. The largest absolute Gasteiger partial charge is 0.494 e. The number of carbonyl (C=O) groups excluding carboxylic acids is 1. The van der Waals surface area contributed by atoms with Gasteiger partial charge in [-0.3, -0.25) is 9.69 Å². The van der Waals surface area contributed by atoms with Crippen LogP contribution >= 0.6 is 23.1 Å². The summed E-state index contributed by atoms with van der Waals surface area (Å²) in [5.41, 5.74) is 1.83. The van der Waals surface area contributed by atoms with Crippen molar-refractivity contribution in [3.05, 3.63) is 48.0 Å². The van der Waals surface area contributed by atoms with Crippen LogP contribution in [0.1, 0.15) is 33.3 Å². The van der Waals surface area contributed by atoms with E-state index in [-0.39, 0.29) is 5.91 Å². The summed E-state index contributed by atoms with van der Waals surface area (Å²) < 4.78 is 6.50. The maximum atomic E-state index is 13.4. The molecule has 0 unspecified atom stereocenters. The molecule has 0 N–H and O–H groups in total. The Kier molecular flexibility index (Phi) is 8.96. The third-order valence-electron chi connectivity index (χ3n) is 5.31. The highest BCUT2D eigenvalue weighted by Crippen LogP contribution is 2.34. The number of thiazole rings is 1. The van der Waals surface area contributed by atoms with E-state index < -0.39 is 0 Å². The molecular weight excluding hydrogens is 438 g/mol. The quantitative estimate of drug-likeness (QED) is 0.335. The summed E-state index contributed by atoms with van der Waals surface area (Å²) in [7, 11) is 1.65. The Morgan fingerprint density at radius 3 is 2.44 bits per heavy atom. The van der Waals surface area contributed by atoms with Crippen LogP contribution in [0.25, 0.3) is 10.2 Å². The van der Waals surface area contributed by atoms with Crippen molar-refractivity contribution in [2.75, 3.05) is 38.2 Å². The molecule has 0 aliphatic rings. The number of thioether (sulfide) groups is 1. The lowest BCUT2D eigenvalue weighted by atomic mass is 10.1. The van der Waals surface area contributed by atoms with E-state index in [2.05, 4.69) is 56.9 Å². The number of nitrogens with zero attached hydrogens (tertiary/aromatic N) is 3. The second-order valence-electron chi connectivity index (χ2n) is 7.86. The molecule has 7 heteroatoms. The summed E-state index contributed by atoms with van der Waals surface area (Å²) in [6.45, 7) is 12.0. The van der Waals surface area contributed by atoms with E-state index in [0.717, 1.165) is 46.3 Å². The highest BCUT2D eigenvalue weighted by Gasteiger charge is 2.21. The van der Waals surface area contributed by atoms with Crippen LogP contribution < -0.4 is 9.64 Å². The summed E-state index contributed by atoms with van der Waals surface area (Å²) in [6.07, 6.45) is 0.359. The standard InChI is InChI=1S/C25H33N3O2S2/c1-6-27(7-2)15-16-28(25-26-24-21(30-5)9-8-10-22(24)32-25)23(29)17-19-11-13-20(14-12-19)31-18(3)4/h8-14,18H,6-7,15-17H2,1-5H3. The topological polar surface area (TPSA) is 45.7 Å². The second kappa shape index (κ2) is 11.7. The molecule has 0 saturated carbocycles. The zero-order valence-electron chi connectivity index (χ0n) is 19.6. The van der Waals surface area contributed by atoms with Crippen LogP contribution in [0.2, 0.25) is 0 Å². The lowest BCUT2D eigenvalue weighted by Crippen LogP contribution is -2.39. The monoisotopic (exact) mass is 471 g/mol. The van der Waals surface area contributed by atoms with Crippen LogP contribution in [0.5, 0.6) is 5.75 Å². The number of aromatic nitrogens is 1. The van der Waals surface area contributed by atoms with E-state index >= 15 is 0 Å². The van der Waals surface area contributed by atoms with E-state index in [4.69, 9.17) is 9.72 Å². The molecule has 1 amide bonds. The highest BCUT2D eigenvalue weighted by atomic mass is 32.2. The maximum absolute atomic E-state index is 13.4. The van der Waals surface area contributed by atoms with Gasteiger partial charge in [-0.2, -0.15) is 0 Å². The van der Waals surface area contributed by atoms with Crippen molar-refractivity contribution in [2.45, 2.75) is 44.3 Å². The number of benzene rings is 2. The molecule has 0 fully saturated rings. The molecule has 5 nitrogen and oxygen atoms in total. The van der Waals surface area contributed by atoms with Gasteiger partial charge >= 0.3 is 0 Å². The van der Waals surface area contributed by atoms with Crippen LogP contribution in [0.3, 0.4) is 0 Å². The average molecular weight is 472 g/mol. The zero-order valence-corrected chi connectivity index (χ0v) is 21.3. The first-order chi connectivity index (χ1) is 15.4. The van der Waals surface area contributed by atoms with Gasteiger partial charge in [0.2, 0.25) is 5.91 Å². The molecule has 0 aliphatic carbocycles. The van der Waals surface area contributed by atoms with E-state index in [9.17, 15) is 4.79 Å². The fourth-order valence-corrected chi connectivity index (χ4v) is 5.39. The predicted molar refractivity (Wildman–Crippen MR) is 137 cm³/mol. The lowest BCUT2D eigenvalue weighted by molar-refractivity contribution is -0.118. The Hall–Kier alpha value is -2.09. The molecule has 32 heavy (non-hydrogen) atoms. The van der Waals surface area contributed by atoms with Crippen LogP contribution in [0.15, 0.2) is 47.4 Å². The number of hydrogen-bond donors (Lipinski definition) is 0. The van der Waals surface area contributed by atoms with Crippen molar-refractivity contribution in [3.63, 3.8) is 0 Å². The minimum absolute atomic E-state index is 0.0689. The number of likely N-dealkylation sites (N-methyl/N-ethyl adjacent to an activating group) is 1. The highest BCUT2D eigenvalue weighted by molar-refractivity contribution is 7.99.